The summed E-state index contributed by atoms with van der Waals surface area (Å²) >= 11 is 3.42. The molecule has 1 aromatic heterocycles. The molecule has 94 valence electrons. The van der Waals surface area contributed by atoms with E-state index in [0.29, 0.717) is 5.95 Å². The first kappa shape index (κ1) is 12.6. The Bertz CT molecular complexity index is 542. The van der Waals surface area contributed by atoms with Crippen molar-refractivity contribution in [2.75, 3.05) is 10.6 Å². The van der Waals surface area contributed by atoms with Crippen molar-refractivity contribution >= 4 is 33.6 Å². The number of aromatic amines is 1. The maximum atomic E-state index is 11.8. The highest BCUT2D eigenvalue weighted by Crippen LogP contribution is 2.25. The summed E-state index contributed by atoms with van der Waals surface area (Å²) in [5.74, 6) is 0.417. The maximum absolute atomic E-state index is 11.8. The smallest absolute Gasteiger partial charge is 0.326 e. The molecule has 0 saturated heterocycles. The first-order valence-corrected chi connectivity index (χ1v) is 6.19. The fourth-order valence-electron chi connectivity index (χ4n) is 1.69. The normalized spacial score (nSPS) is 10.2. The van der Waals surface area contributed by atoms with Gasteiger partial charge in [-0.05, 0) is 37.1 Å². The summed E-state index contributed by atoms with van der Waals surface area (Å²) in [7, 11) is 0. The van der Waals surface area contributed by atoms with Crippen LogP contribution in [0.15, 0.2) is 29.0 Å². The van der Waals surface area contributed by atoms with E-state index in [0.717, 1.165) is 21.3 Å². The molecule has 0 saturated carbocycles. The van der Waals surface area contributed by atoms with Gasteiger partial charge in [-0.25, -0.2) is 9.78 Å². The minimum Gasteiger partial charge on any atom is -0.331 e. The Hall–Kier alpha value is -1.82. The number of nitrogens with zero attached hydrogens (tertiary/aromatic N) is 1. The van der Waals surface area contributed by atoms with Crippen molar-refractivity contribution in [3.8, 4) is 0 Å². The number of amides is 2. The predicted molar refractivity (Wildman–Crippen MR) is 74.8 cm³/mol. The molecule has 2 rings (SSSR count). The number of imidazole rings is 1. The van der Waals surface area contributed by atoms with Gasteiger partial charge in [0.1, 0.15) is 0 Å². The molecule has 2 amide bonds. The molecule has 0 radical (unpaired) electrons. The van der Waals surface area contributed by atoms with Crippen LogP contribution in [0.25, 0.3) is 0 Å². The summed E-state index contributed by atoms with van der Waals surface area (Å²) in [6.07, 6.45) is 3.22. The molecule has 0 spiro atoms. The molecule has 1 heterocycles. The van der Waals surface area contributed by atoms with E-state index < -0.39 is 0 Å². The summed E-state index contributed by atoms with van der Waals surface area (Å²) in [6.45, 7) is 3.89. The van der Waals surface area contributed by atoms with E-state index >= 15 is 0 Å². The Morgan fingerprint density at radius 2 is 1.94 bits per heavy atom. The summed E-state index contributed by atoms with van der Waals surface area (Å²) in [4.78, 5) is 18.5. The molecule has 2 aromatic rings. The molecule has 0 unspecified atom stereocenters. The van der Waals surface area contributed by atoms with Gasteiger partial charge >= 0.3 is 6.03 Å². The molecule has 0 aliphatic carbocycles. The van der Waals surface area contributed by atoms with Crippen molar-refractivity contribution in [3.63, 3.8) is 0 Å². The highest BCUT2D eigenvalue weighted by Gasteiger charge is 2.09. The highest BCUT2D eigenvalue weighted by atomic mass is 79.9. The molecule has 5 nitrogen and oxygen atoms in total. The van der Waals surface area contributed by atoms with Crippen LogP contribution in [0.5, 0.6) is 0 Å². The monoisotopic (exact) mass is 308 g/mol. The lowest BCUT2D eigenvalue weighted by Crippen LogP contribution is -2.21. The van der Waals surface area contributed by atoms with Gasteiger partial charge in [0.2, 0.25) is 5.95 Å². The van der Waals surface area contributed by atoms with Crippen LogP contribution in [0.1, 0.15) is 11.1 Å². The molecule has 0 bridgehead atoms. The molecule has 18 heavy (non-hydrogen) atoms. The summed E-state index contributed by atoms with van der Waals surface area (Å²) in [5.41, 5.74) is 2.80. The lowest BCUT2D eigenvalue weighted by molar-refractivity contribution is 0.262. The largest absolute Gasteiger partial charge is 0.331 e. The predicted octanol–water partition coefficient (Wildman–Crippen LogP) is 3.43. The van der Waals surface area contributed by atoms with E-state index in [4.69, 9.17) is 0 Å². The third-order valence-electron chi connectivity index (χ3n) is 2.47. The molecule has 6 heteroatoms. The first-order chi connectivity index (χ1) is 8.56. The van der Waals surface area contributed by atoms with Gasteiger partial charge in [0, 0.05) is 22.6 Å². The molecule has 0 aliphatic heterocycles. The van der Waals surface area contributed by atoms with Crippen molar-refractivity contribution in [3.05, 3.63) is 40.1 Å². The summed E-state index contributed by atoms with van der Waals surface area (Å²) < 4.78 is 0.995. The average molecular weight is 309 g/mol. The lowest BCUT2D eigenvalue weighted by atomic mass is 10.1. The number of aryl methyl sites for hydroxylation is 2. The number of halogens is 1. The second kappa shape index (κ2) is 5.22. The third-order valence-corrected chi connectivity index (χ3v) is 2.92. The number of rotatable bonds is 2. The SMILES string of the molecule is Cc1cc(Br)cc(C)c1NC(=O)Nc1ncc[nH]1. The Morgan fingerprint density at radius 3 is 2.50 bits per heavy atom. The fraction of sp³-hybridized carbons (Fsp3) is 0.167. The van der Waals surface area contributed by atoms with Crippen molar-refractivity contribution in [1.82, 2.24) is 9.97 Å². The van der Waals surface area contributed by atoms with Crippen LogP contribution in [0.4, 0.5) is 16.4 Å². The van der Waals surface area contributed by atoms with Gasteiger partial charge in [-0.15, -0.1) is 0 Å². The van der Waals surface area contributed by atoms with Gasteiger partial charge < -0.3 is 10.3 Å². The molecular weight excluding hydrogens is 296 g/mol. The van der Waals surface area contributed by atoms with Crippen molar-refractivity contribution in [2.45, 2.75) is 13.8 Å². The molecule has 0 fully saturated rings. The molecule has 0 aliphatic rings. The maximum Gasteiger partial charge on any atom is 0.326 e. The zero-order valence-corrected chi connectivity index (χ0v) is 11.6. The van der Waals surface area contributed by atoms with Gasteiger partial charge in [0.15, 0.2) is 0 Å². The Labute approximate surface area is 113 Å². The Balaban J connectivity index is 2.12. The Kier molecular flexibility index (Phi) is 3.66. The van der Waals surface area contributed by atoms with Crippen LogP contribution in [0.3, 0.4) is 0 Å². The second-order valence-electron chi connectivity index (χ2n) is 3.93. The number of H-pyrrole nitrogens is 1. The van der Waals surface area contributed by atoms with Crippen LogP contribution in [0.2, 0.25) is 0 Å². The van der Waals surface area contributed by atoms with Gasteiger partial charge in [0.25, 0.3) is 0 Å². The number of nitrogens with one attached hydrogen (secondary N) is 3. The quantitative estimate of drug-likeness (QED) is 0.795. The van der Waals surface area contributed by atoms with E-state index in [1.165, 1.54) is 0 Å². The summed E-state index contributed by atoms with van der Waals surface area (Å²) in [6, 6.07) is 3.59. The van der Waals surface area contributed by atoms with E-state index in [-0.39, 0.29) is 6.03 Å². The first-order valence-electron chi connectivity index (χ1n) is 5.40. The van der Waals surface area contributed by atoms with E-state index in [2.05, 4.69) is 36.5 Å². The van der Waals surface area contributed by atoms with Gasteiger partial charge in [-0.3, -0.25) is 5.32 Å². The number of aromatic nitrogens is 2. The van der Waals surface area contributed by atoms with Gasteiger partial charge in [-0.1, -0.05) is 15.9 Å². The number of benzene rings is 1. The van der Waals surface area contributed by atoms with Crippen LogP contribution in [-0.4, -0.2) is 16.0 Å². The number of urea groups is 1. The highest BCUT2D eigenvalue weighted by molar-refractivity contribution is 9.10. The summed E-state index contributed by atoms with van der Waals surface area (Å²) in [5, 5.41) is 5.42. The van der Waals surface area contributed by atoms with Crippen molar-refractivity contribution < 1.29 is 4.79 Å². The molecule has 0 atom stereocenters. The van der Waals surface area contributed by atoms with Gasteiger partial charge in [0.05, 0.1) is 0 Å². The zero-order chi connectivity index (χ0) is 13.1. The van der Waals surface area contributed by atoms with Crippen LogP contribution in [-0.2, 0) is 0 Å². The zero-order valence-electron chi connectivity index (χ0n) is 10.0. The standard InChI is InChI=1S/C12H13BrN4O/c1-7-5-9(13)6-8(2)10(7)16-12(18)17-11-14-3-4-15-11/h3-6H,1-2H3,(H3,14,15,16,17,18). The molecule has 1 aromatic carbocycles. The number of carbonyl (C=O) groups excluding carboxylic acids is 1. The topological polar surface area (TPSA) is 69.8 Å². The second-order valence-corrected chi connectivity index (χ2v) is 4.85. The minimum atomic E-state index is -0.321. The third kappa shape index (κ3) is 2.89. The van der Waals surface area contributed by atoms with Crippen LogP contribution < -0.4 is 10.6 Å². The van der Waals surface area contributed by atoms with Crippen LogP contribution in [0, 0.1) is 13.8 Å². The van der Waals surface area contributed by atoms with Gasteiger partial charge in [-0.2, -0.15) is 0 Å². The van der Waals surface area contributed by atoms with Crippen LogP contribution >= 0.6 is 15.9 Å². The van der Waals surface area contributed by atoms with E-state index in [9.17, 15) is 4.79 Å². The molecule has 3 N–H and O–H groups in total. The van der Waals surface area contributed by atoms with Crippen molar-refractivity contribution in [1.29, 1.82) is 0 Å². The number of hydrogen-bond acceptors (Lipinski definition) is 2. The average Bonchev–Trinajstić information content (AvgIpc) is 2.76. The van der Waals surface area contributed by atoms with Crippen molar-refractivity contribution in [2.24, 2.45) is 0 Å². The lowest BCUT2D eigenvalue weighted by Gasteiger charge is -2.12. The number of carbonyl (C=O) groups is 1. The molecular formula is C12H13BrN4O. The van der Waals surface area contributed by atoms with E-state index in [1.54, 1.807) is 12.4 Å². The number of hydrogen-bond donors (Lipinski definition) is 3. The Morgan fingerprint density at radius 1 is 1.28 bits per heavy atom. The number of anilines is 2. The minimum absolute atomic E-state index is 0.321. The van der Waals surface area contributed by atoms with E-state index in [1.807, 2.05) is 26.0 Å². The fourth-order valence-corrected chi connectivity index (χ4v) is 2.38.